The fourth-order valence-corrected chi connectivity index (χ4v) is 3.59. The number of phenolic OH excluding ortho intramolecular Hbond substituents is 1. The number of methoxy groups -OCH3 is 1. The van der Waals surface area contributed by atoms with Gasteiger partial charge in [-0.3, -0.25) is 0 Å². The highest BCUT2D eigenvalue weighted by Crippen LogP contribution is 2.32. The molecule has 0 atom stereocenters. The summed E-state index contributed by atoms with van der Waals surface area (Å²) in [6.45, 7) is 6.59. The smallest absolute Gasteiger partial charge is 0.250 e. The van der Waals surface area contributed by atoms with Crippen LogP contribution >= 0.6 is 11.6 Å². The molecule has 3 N–H and O–H groups in total. The van der Waals surface area contributed by atoms with Crippen molar-refractivity contribution in [2.45, 2.75) is 13.8 Å². The molecule has 1 aromatic heterocycles. The number of morpholine rings is 1. The molecule has 0 bridgehead atoms. The van der Waals surface area contributed by atoms with Crippen molar-refractivity contribution in [3.8, 4) is 11.5 Å². The zero-order chi connectivity index (χ0) is 24.1. The van der Waals surface area contributed by atoms with E-state index in [-0.39, 0.29) is 17.4 Å². The van der Waals surface area contributed by atoms with E-state index in [1.807, 2.05) is 30.9 Å². The standard InChI is InChI=1S/C23H26ClN7O3/c1-14-4-5-15(2)18(10-14)26-21-27-22(29-23(28-21)31-6-8-34-9-7-31)30-25-13-16-11-17(24)12-19(33-3)20(16)32/h4-5,10-13,32H,6-9H2,1-3H3,(H2,26,27,28,29,30). The van der Waals surface area contributed by atoms with E-state index in [2.05, 4.69) is 36.9 Å². The van der Waals surface area contributed by atoms with Gasteiger partial charge in [0.25, 0.3) is 0 Å². The quantitative estimate of drug-likeness (QED) is 0.340. The van der Waals surface area contributed by atoms with Crippen molar-refractivity contribution in [3.63, 3.8) is 0 Å². The summed E-state index contributed by atoms with van der Waals surface area (Å²) >= 11 is 6.09. The zero-order valence-corrected chi connectivity index (χ0v) is 19.9. The summed E-state index contributed by atoms with van der Waals surface area (Å²) < 4.78 is 10.6. The van der Waals surface area contributed by atoms with Gasteiger partial charge in [-0.05, 0) is 37.1 Å². The Kier molecular flexibility index (Phi) is 7.29. The number of hydrogen-bond acceptors (Lipinski definition) is 10. The Bertz CT molecular complexity index is 1200. The molecule has 2 heterocycles. The molecule has 0 spiro atoms. The highest BCUT2D eigenvalue weighted by Gasteiger charge is 2.17. The Morgan fingerprint density at radius 1 is 1.12 bits per heavy atom. The van der Waals surface area contributed by atoms with E-state index >= 15 is 0 Å². The summed E-state index contributed by atoms with van der Waals surface area (Å²) in [6.07, 6.45) is 1.42. The number of phenols is 1. The first-order valence-corrected chi connectivity index (χ1v) is 11.1. The summed E-state index contributed by atoms with van der Waals surface area (Å²) in [5.74, 6) is 1.32. The van der Waals surface area contributed by atoms with Gasteiger partial charge in [-0.2, -0.15) is 20.1 Å². The summed E-state index contributed by atoms with van der Waals surface area (Å²) in [6, 6.07) is 9.22. The molecular formula is C23H26ClN7O3. The van der Waals surface area contributed by atoms with Gasteiger partial charge < -0.3 is 24.8 Å². The van der Waals surface area contributed by atoms with Gasteiger partial charge in [0.2, 0.25) is 17.8 Å². The average molecular weight is 484 g/mol. The van der Waals surface area contributed by atoms with Crippen LogP contribution in [0.25, 0.3) is 0 Å². The van der Waals surface area contributed by atoms with E-state index < -0.39 is 0 Å². The van der Waals surface area contributed by atoms with Crippen LogP contribution in [0.2, 0.25) is 5.02 Å². The van der Waals surface area contributed by atoms with Crippen molar-refractivity contribution in [3.05, 3.63) is 52.0 Å². The molecule has 0 radical (unpaired) electrons. The maximum Gasteiger partial charge on any atom is 0.250 e. The summed E-state index contributed by atoms with van der Waals surface area (Å²) in [5.41, 5.74) is 6.30. The number of hydrogen-bond donors (Lipinski definition) is 3. The lowest BCUT2D eigenvalue weighted by Gasteiger charge is -2.27. The molecule has 2 aromatic carbocycles. The molecule has 1 aliphatic heterocycles. The summed E-state index contributed by atoms with van der Waals surface area (Å²) in [7, 11) is 1.45. The molecule has 10 nitrogen and oxygen atoms in total. The number of ether oxygens (including phenoxy) is 2. The third kappa shape index (κ3) is 5.64. The van der Waals surface area contributed by atoms with Gasteiger partial charge in [-0.25, -0.2) is 5.43 Å². The van der Waals surface area contributed by atoms with Crippen LogP contribution < -0.4 is 20.4 Å². The Labute approximate surface area is 202 Å². The molecule has 1 saturated heterocycles. The molecule has 1 fully saturated rings. The van der Waals surface area contributed by atoms with E-state index in [1.54, 1.807) is 6.07 Å². The molecule has 34 heavy (non-hydrogen) atoms. The molecule has 1 aliphatic rings. The zero-order valence-electron chi connectivity index (χ0n) is 19.2. The average Bonchev–Trinajstić information content (AvgIpc) is 2.84. The van der Waals surface area contributed by atoms with Gasteiger partial charge in [0, 0.05) is 35.4 Å². The monoisotopic (exact) mass is 483 g/mol. The van der Waals surface area contributed by atoms with Crippen molar-refractivity contribution >= 4 is 41.3 Å². The first-order valence-electron chi connectivity index (χ1n) is 10.7. The van der Waals surface area contributed by atoms with Crippen LogP contribution in [0.1, 0.15) is 16.7 Å². The number of nitrogens with one attached hydrogen (secondary N) is 2. The minimum absolute atomic E-state index is 0.0700. The molecule has 0 amide bonds. The van der Waals surface area contributed by atoms with E-state index in [4.69, 9.17) is 21.1 Å². The van der Waals surface area contributed by atoms with Crippen LogP contribution in [0, 0.1) is 13.8 Å². The SMILES string of the molecule is COc1cc(Cl)cc(C=NNc2nc(Nc3cc(C)ccc3C)nc(N3CCOCC3)n2)c1O. The van der Waals surface area contributed by atoms with Crippen molar-refractivity contribution in [1.82, 2.24) is 15.0 Å². The number of halogens is 1. The number of aromatic hydroxyl groups is 1. The van der Waals surface area contributed by atoms with Crippen LogP contribution in [0.3, 0.4) is 0 Å². The van der Waals surface area contributed by atoms with E-state index in [1.165, 1.54) is 19.4 Å². The third-order valence-electron chi connectivity index (χ3n) is 5.21. The van der Waals surface area contributed by atoms with Gasteiger partial charge in [0.15, 0.2) is 11.5 Å². The largest absolute Gasteiger partial charge is 0.504 e. The van der Waals surface area contributed by atoms with Crippen LogP contribution in [0.4, 0.5) is 23.5 Å². The Hall–Kier alpha value is -3.63. The molecule has 0 saturated carbocycles. The summed E-state index contributed by atoms with van der Waals surface area (Å²) in [4.78, 5) is 15.6. The molecule has 178 valence electrons. The predicted octanol–water partition coefficient (Wildman–Crippen LogP) is 3.88. The number of aromatic nitrogens is 3. The van der Waals surface area contributed by atoms with Gasteiger partial charge in [-0.1, -0.05) is 23.7 Å². The topological polar surface area (TPSA) is 117 Å². The number of hydrazone groups is 1. The second-order valence-electron chi connectivity index (χ2n) is 7.74. The summed E-state index contributed by atoms with van der Waals surface area (Å²) in [5, 5.41) is 18.2. The third-order valence-corrected chi connectivity index (χ3v) is 5.43. The molecular weight excluding hydrogens is 458 g/mol. The molecule has 11 heteroatoms. The predicted molar refractivity (Wildman–Crippen MR) is 133 cm³/mol. The number of benzene rings is 2. The van der Waals surface area contributed by atoms with E-state index in [9.17, 15) is 5.11 Å². The number of rotatable bonds is 7. The van der Waals surface area contributed by atoms with Crippen LogP contribution in [0.5, 0.6) is 11.5 Å². The molecule has 3 aromatic rings. The van der Waals surface area contributed by atoms with Gasteiger partial charge in [-0.15, -0.1) is 0 Å². The second-order valence-corrected chi connectivity index (χ2v) is 8.18. The van der Waals surface area contributed by atoms with Crippen molar-refractivity contribution in [1.29, 1.82) is 0 Å². The lowest BCUT2D eigenvalue weighted by atomic mass is 10.1. The van der Waals surface area contributed by atoms with Crippen molar-refractivity contribution < 1.29 is 14.6 Å². The lowest BCUT2D eigenvalue weighted by molar-refractivity contribution is 0.122. The van der Waals surface area contributed by atoms with E-state index in [0.29, 0.717) is 48.8 Å². The first-order chi connectivity index (χ1) is 16.4. The molecule has 4 rings (SSSR count). The van der Waals surface area contributed by atoms with Crippen molar-refractivity contribution in [2.24, 2.45) is 5.10 Å². The Morgan fingerprint density at radius 2 is 1.88 bits per heavy atom. The lowest BCUT2D eigenvalue weighted by Crippen LogP contribution is -2.37. The molecule has 0 aliphatic carbocycles. The van der Waals surface area contributed by atoms with Gasteiger partial charge in [0.05, 0.1) is 26.5 Å². The molecule has 0 unspecified atom stereocenters. The maximum absolute atomic E-state index is 10.3. The minimum Gasteiger partial charge on any atom is -0.504 e. The van der Waals surface area contributed by atoms with Gasteiger partial charge in [0.1, 0.15) is 0 Å². The highest BCUT2D eigenvalue weighted by atomic mass is 35.5. The normalized spacial score (nSPS) is 13.8. The number of aryl methyl sites for hydroxylation is 2. The van der Waals surface area contributed by atoms with Crippen LogP contribution in [-0.4, -0.2) is 59.7 Å². The van der Waals surface area contributed by atoms with E-state index in [0.717, 1.165) is 16.8 Å². The number of nitrogens with zero attached hydrogens (tertiary/aromatic N) is 5. The first kappa shape index (κ1) is 23.5. The van der Waals surface area contributed by atoms with Crippen molar-refractivity contribution in [2.75, 3.05) is 49.1 Å². The Balaban J connectivity index is 1.62. The second kappa shape index (κ2) is 10.5. The van der Waals surface area contributed by atoms with Crippen LogP contribution in [-0.2, 0) is 4.74 Å². The fraction of sp³-hybridized carbons (Fsp3) is 0.304. The fourth-order valence-electron chi connectivity index (χ4n) is 3.37. The highest BCUT2D eigenvalue weighted by molar-refractivity contribution is 6.31. The van der Waals surface area contributed by atoms with Gasteiger partial charge >= 0.3 is 0 Å². The Morgan fingerprint density at radius 3 is 2.65 bits per heavy atom. The number of anilines is 4. The maximum atomic E-state index is 10.3. The minimum atomic E-state index is -0.0700. The van der Waals surface area contributed by atoms with Crippen LogP contribution in [0.15, 0.2) is 35.4 Å².